The zero-order valence-corrected chi connectivity index (χ0v) is 12.7. The van der Waals surface area contributed by atoms with Gasteiger partial charge in [-0.2, -0.15) is 0 Å². The maximum absolute atomic E-state index is 6.19. The molecule has 0 unspecified atom stereocenters. The molecule has 0 aliphatic rings. The van der Waals surface area contributed by atoms with Gasteiger partial charge in [-0.1, -0.05) is 0 Å². The molecule has 22 heteroatoms. The molecule has 0 amide bonds. The molecule has 0 aromatic heterocycles. The lowest BCUT2D eigenvalue weighted by Gasteiger charge is -2.41. The summed E-state index contributed by atoms with van der Waals surface area (Å²) in [6.45, 7) is 0. The predicted molar refractivity (Wildman–Crippen MR) is 127 cm³/mol. The lowest BCUT2D eigenvalue weighted by molar-refractivity contribution is 3.34. The zero-order chi connectivity index (χ0) is 17.8. The van der Waals surface area contributed by atoms with Crippen molar-refractivity contribution in [2.45, 2.75) is 0 Å². The van der Waals surface area contributed by atoms with Crippen LogP contribution in [-0.2, 0) is 0 Å². The van der Waals surface area contributed by atoms with Gasteiger partial charge < -0.3 is 0 Å². The molecular weight excluding hydrogens is 238 g/mol. The van der Waals surface area contributed by atoms with Crippen LogP contribution in [0, 0.1) is 0 Å². The summed E-state index contributed by atoms with van der Waals surface area (Å²) >= 11 is 0. The second-order valence-electron chi connectivity index (χ2n) is 5.77. The summed E-state index contributed by atoms with van der Waals surface area (Å²) in [6.07, 6.45) is -8.13. The third kappa shape index (κ3) is 6.38. The van der Waals surface area contributed by atoms with Gasteiger partial charge in [0.1, 0.15) is 0 Å². The van der Waals surface area contributed by atoms with Crippen molar-refractivity contribution in [3.05, 3.63) is 0 Å². The van der Waals surface area contributed by atoms with Crippen molar-refractivity contribution in [1.29, 1.82) is 0 Å². The average molecular weight is 238 g/mol. The van der Waals surface area contributed by atoms with Crippen LogP contribution in [0.5, 0.6) is 0 Å². The lowest BCUT2D eigenvalue weighted by Crippen LogP contribution is -2.79. The Morgan fingerprint density at radius 3 is 0.727 bits per heavy atom. The molecule has 0 saturated carbocycles. The van der Waals surface area contributed by atoms with E-state index in [2.05, 4.69) is 0 Å². The van der Waals surface area contributed by atoms with Crippen molar-refractivity contribution in [3.63, 3.8) is 0 Å². The van der Waals surface area contributed by atoms with Crippen LogP contribution in [0.2, 0.25) is 0 Å². The third-order valence-corrected chi connectivity index (χ3v) is 4.00. The van der Waals surface area contributed by atoms with Crippen LogP contribution >= 0.6 is 0 Å². The fourth-order valence-corrected chi connectivity index (χ4v) is 2.82. The standard InChI is InChI=1S/B22/c1-13(2)20(14(3)4)18(11)19(12)22(17(9)10)21(15(5)6)16(7)8. The van der Waals surface area contributed by atoms with Crippen molar-refractivity contribution in [2.24, 2.45) is 0 Å². The van der Waals surface area contributed by atoms with E-state index in [-0.39, 0.29) is 0 Å². The van der Waals surface area contributed by atoms with Crippen molar-refractivity contribution >= 4 is 157 Å². The molecule has 24 radical (unpaired) electrons. The zero-order valence-electron chi connectivity index (χ0n) is 12.7. The Morgan fingerprint density at radius 1 is 0.273 bits per heavy atom. The Hall–Kier alpha value is 1.43. The van der Waals surface area contributed by atoms with Gasteiger partial charge in [-0.15, -0.1) is 0 Å². The molecular formula is B22. The van der Waals surface area contributed by atoms with Gasteiger partial charge in [0.05, 0.1) is 0 Å². The molecule has 0 aliphatic carbocycles. The Balaban J connectivity index is 5.49. The molecule has 0 nitrogen and oxygen atoms in total. The van der Waals surface area contributed by atoms with Gasteiger partial charge in [-0.05, 0) is 0 Å². The van der Waals surface area contributed by atoms with Crippen molar-refractivity contribution in [1.82, 2.24) is 0 Å². The predicted octanol–water partition coefficient (Wildman–Crippen LogP) is -8.38. The highest BCUT2D eigenvalue weighted by molar-refractivity contribution is 8.18. The van der Waals surface area contributed by atoms with Crippen LogP contribution in [0.4, 0.5) is 0 Å². The topological polar surface area (TPSA) is 0 Å². The highest BCUT2D eigenvalue weighted by atomic mass is 13.2. The first-order valence-electron chi connectivity index (χ1n) is 7.00. The Bertz CT molecular complexity index is 268. The summed E-state index contributed by atoms with van der Waals surface area (Å²) in [5, 5.41) is 0. The van der Waals surface area contributed by atoms with Gasteiger partial charge in [0.15, 0.2) is 0 Å². The lowest BCUT2D eigenvalue weighted by atomic mass is 8.40. The Morgan fingerprint density at radius 2 is 0.500 bits per heavy atom. The minimum Gasteiger partial charge on any atom is 0 e. The summed E-state index contributed by atoms with van der Waals surface area (Å²) in [5.74, 6) is 0. The molecule has 0 saturated heterocycles. The van der Waals surface area contributed by atoms with Crippen molar-refractivity contribution in [3.8, 4) is 0 Å². The first-order valence-corrected chi connectivity index (χ1v) is 7.00. The summed E-state index contributed by atoms with van der Waals surface area (Å²) in [7, 11) is 69.5. The van der Waals surface area contributed by atoms with E-state index >= 15 is 0 Å². The molecule has 66 valence electrons. The smallest absolute Gasteiger partial charge is 0 e. The van der Waals surface area contributed by atoms with E-state index in [1.807, 2.05) is 0 Å². The molecule has 0 heterocycles. The first-order chi connectivity index (χ1) is 9.93. The number of hydrogen-bond donors (Lipinski definition) is 0. The van der Waals surface area contributed by atoms with Gasteiger partial charge in [0, 0.05) is 157 Å². The normalized spacial score (nSPS) is 9.27. The maximum Gasteiger partial charge on any atom is 0 e. The van der Waals surface area contributed by atoms with E-state index in [1.165, 1.54) is 0 Å². The monoisotopic (exact) mass is 242 g/mol. The fourth-order valence-electron chi connectivity index (χ4n) is 2.82. The molecule has 0 spiro atoms. The van der Waals surface area contributed by atoms with Gasteiger partial charge in [0.25, 0.3) is 0 Å². The quantitative estimate of drug-likeness (QED) is 0.350. The molecule has 0 aliphatic heterocycles. The van der Waals surface area contributed by atoms with Crippen LogP contribution < -0.4 is 0 Å². The second-order valence-corrected chi connectivity index (χ2v) is 5.77. The van der Waals surface area contributed by atoms with Gasteiger partial charge in [-0.25, -0.2) is 0 Å². The van der Waals surface area contributed by atoms with Gasteiger partial charge >= 0.3 is 0 Å². The number of rotatable bonds is 9. The number of hydrogen-bond acceptors (Lipinski definition) is 0. The maximum atomic E-state index is 6.19. The van der Waals surface area contributed by atoms with Crippen LogP contribution in [-0.4, -0.2) is 157 Å². The molecule has 22 heavy (non-hydrogen) atoms. The average Bonchev–Trinajstić information content (AvgIpc) is 2.32. The van der Waals surface area contributed by atoms with E-state index in [4.69, 9.17) is 92.8 Å². The second kappa shape index (κ2) is 10.4. The summed E-state index contributed by atoms with van der Waals surface area (Å²) in [6, 6.07) is 0. The Kier molecular flexibility index (Phi) is 11.1. The summed E-state index contributed by atoms with van der Waals surface area (Å²) in [4.78, 5) is 0. The van der Waals surface area contributed by atoms with E-state index in [1.54, 1.807) is 0 Å². The van der Waals surface area contributed by atoms with Crippen LogP contribution in [0.3, 0.4) is 0 Å². The minimum absolute atomic E-state index is 0.676. The molecule has 0 aromatic carbocycles. The van der Waals surface area contributed by atoms with E-state index < -0.39 is 63.9 Å². The molecule has 0 fully saturated rings. The molecule has 0 rings (SSSR count). The molecule has 0 N–H and O–H groups in total. The highest BCUT2D eigenvalue weighted by Crippen LogP contribution is 2.04. The van der Waals surface area contributed by atoms with Crippen LogP contribution in [0.15, 0.2) is 0 Å². The summed E-state index contributed by atoms with van der Waals surface area (Å²) < 4.78 is 0. The van der Waals surface area contributed by atoms with E-state index in [9.17, 15) is 0 Å². The Labute approximate surface area is 156 Å². The minimum atomic E-state index is -0.918. The molecule has 0 aromatic rings. The van der Waals surface area contributed by atoms with Crippen molar-refractivity contribution in [2.75, 3.05) is 0 Å². The van der Waals surface area contributed by atoms with Crippen molar-refractivity contribution < 1.29 is 0 Å². The van der Waals surface area contributed by atoms with Gasteiger partial charge in [-0.3, -0.25) is 0 Å². The molecule has 0 atom stereocenters. The van der Waals surface area contributed by atoms with E-state index in [0.29, 0.717) is 0 Å². The SMILES string of the molecule is [B]B([B])B(B([B])[B])B([B])B([B])B(B([B])[B])B(B([B])[B])B([B])[B]. The molecule has 0 bridgehead atoms. The largest absolute Gasteiger partial charge is 0 e. The summed E-state index contributed by atoms with van der Waals surface area (Å²) in [5.41, 5.74) is 0. The van der Waals surface area contributed by atoms with Gasteiger partial charge in [0.2, 0.25) is 0 Å². The van der Waals surface area contributed by atoms with E-state index in [0.717, 1.165) is 0 Å². The van der Waals surface area contributed by atoms with Crippen LogP contribution in [0.1, 0.15) is 0 Å². The highest BCUT2D eigenvalue weighted by Gasteiger charge is 2.42. The van der Waals surface area contributed by atoms with Crippen LogP contribution in [0.25, 0.3) is 0 Å². The first kappa shape index (κ1) is 23.4. The fraction of sp³-hybridized carbons (Fsp3) is 0. The third-order valence-electron chi connectivity index (χ3n) is 4.00.